The lowest BCUT2D eigenvalue weighted by Crippen LogP contribution is -2.17. The number of aromatic nitrogens is 1. The van der Waals surface area contributed by atoms with Gasteiger partial charge in [-0.3, -0.25) is 9.59 Å². The molecule has 0 spiro atoms. The van der Waals surface area contributed by atoms with Gasteiger partial charge in [0.1, 0.15) is 0 Å². The second kappa shape index (κ2) is 7.36. The molecule has 0 fully saturated rings. The number of H-pyrrole nitrogens is 1. The molecule has 0 aliphatic heterocycles. The molecule has 4 nitrogen and oxygen atoms in total. The Morgan fingerprint density at radius 3 is 2.36 bits per heavy atom. The number of pyridine rings is 1. The molecule has 0 saturated carbocycles. The Labute approximate surface area is 150 Å². The van der Waals surface area contributed by atoms with Crippen LogP contribution in [0.25, 0.3) is 22.4 Å². The highest BCUT2D eigenvalue weighted by molar-refractivity contribution is 6.30. The maximum atomic E-state index is 12.6. The van der Waals surface area contributed by atoms with Crippen molar-refractivity contribution in [3.8, 4) is 28.1 Å². The second-order valence-corrected chi connectivity index (χ2v) is 5.89. The van der Waals surface area contributed by atoms with Gasteiger partial charge in [-0.25, -0.2) is 0 Å². The van der Waals surface area contributed by atoms with Gasteiger partial charge in [-0.1, -0.05) is 61.0 Å². The minimum absolute atomic E-state index is 0.00997. The van der Waals surface area contributed by atoms with Gasteiger partial charge in [0.2, 0.25) is 5.75 Å². The summed E-state index contributed by atoms with van der Waals surface area (Å²) in [5, 5.41) is 0.614. The van der Waals surface area contributed by atoms with E-state index in [1.807, 2.05) is 42.5 Å². The van der Waals surface area contributed by atoms with E-state index in [9.17, 15) is 9.59 Å². The van der Waals surface area contributed by atoms with E-state index in [4.69, 9.17) is 16.3 Å². The smallest absolute Gasteiger partial charge is 0.311 e. The molecule has 0 saturated heterocycles. The highest BCUT2D eigenvalue weighted by atomic mass is 35.5. The highest BCUT2D eigenvalue weighted by Crippen LogP contribution is 2.31. The number of aromatic amines is 1. The van der Waals surface area contributed by atoms with Crippen molar-refractivity contribution >= 4 is 17.6 Å². The Morgan fingerprint density at radius 2 is 1.72 bits per heavy atom. The molecule has 1 aromatic heterocycles. The van der Waals surface area contributed by atoms with E-state index >= 15 is 0 Å². The molecule has 0 unspecified atom stereocenters. The lowest BCUT2D eigenvalue weighted by atomic mass is 10.0. The van der Waals surface area contributed by atoms with Crippen LogP contribution in [0.5, 0.6) is 5.75 Å². The van der Waals surface area contributed by atoms with Crippen molar-refractivity contribution in [1.82, 2.24) is 4.98 Å². The average Bonchev–Trinajstić information content (AvgIpc) is 2.64. The van der Waals surface area contributed by atoms with E-state index in [1.54, 1.807) is 25.1 Å². The van der Waals surface area contributed by atoms with Gasteiger partial charge < -0.3 is 9.72 Å². The normalized spacial score (nSPS) is 10.5. The van der Waals surface area contributed by atoms with E-state index in [-0.39, 0.29) is 12.2 Å². The standard InChI is InChI=1S/C20H16ClNO3/c1-2-18(23)25-19-16(13-6-4-3-5-7-13)12-17(22-20(19)24)14-8-10-15(21)11-9-14/h3-12H,2H2,1H3,(H,22,24). The van der Waals surface area contributed by atoms with Gasteiger partial charge in [0, 0.05) is 22.7 Å². The molecule has 1 N–H and O–H groups in total. The number of halogens is 1. The van der Waals surface area contributed by atoms with Crippen LogP contribution in [0.2, 0.25) is 5.02 Å². The van der Waals surface area contributed by atoms with E-state index in [2.05, 4.69) is 4.98 Å². The zero-order valence-corrected chi connectivity index (χ0v) is 14.3. The molecule has 3 aromatic rings. The van der Waals surface area contributed by atoms with Crippen molar-refractivity contribution in [3.63, 3.8) is 0 Å². The number of esters is 1. The van der Waals surface area contributed by atoms with E-state index < -0.39 is 11.5 Å². The summed E-state index contributed by atoms with van der Waals surface area (Å²) in [5.74, 6) is -0.447. The fourth-order valence-corrected chi connectivity index (χ4v) is 2.58. The molecule has 1 heterocycles. The summed E-state index contributed by atoms with van der Waals surface area (Å²) >= 11 is 5.93. The van der Waals surface area contributed by atoms with Crippen LogP contribution in [0.1, 0.15) is 13.3 Å². The van der Waals surface area contributed by atoms with Crippen LogP contribution in [-0.4, -0.2) is 11.0 Å². The molecule has 0 radical (unpaired) electrons. The van der Waals surface area contributed by atoms with Crippen molar-refractivity contribution in [2.24, 2.45) is 0 Å². The van der Waals surface area contributed by atoms with Crippen LogP contribution >= 0.6 is 11.6 Å². The molecule has 0 aliphatic rings. The minimum atomic E-state index is -0.457. The number of carbonyl (C=O) groups is 1. The number of ether oxygens (including phenoxy) is 1. The average molecular weight is 354 g/mol. The third-order valence-corrected chi connectivity index (χ3v) is 3.98. The lowest BCUT2D eigenvalue weighted by molar-refractivity contribution is -0.134. The fourth-order valence-electron chi connectivity index (χ4n) is 2.45. The highest BCUT2D eigenvalue weighted by Gasteiger charge is 2.16. The summed E-state index contributed by atoms with van der Waals surface area (Å²) in [7, 11) is 0. The molecular formula is C20H16ClNO3. The van der Waals surface area contributed by atoms with Crippen molar-refractivity contribution in [2.45, 2.75) is 13.3 Å². The monoisotopic (exact) mass is 353 g/mol. The number of hydrogen-bond donors (Lipinski definition) is 1. The van der Waals surface area contributed by atoms with Crippen molar-refractivity contribution in [3.05, 3.63) is 76.0 Å². The number of nitrogens with one attached hydrogen (secondary N) is 1. The number of hydrogen-bond acceptors (Lipinski definition) is 3. The van der Waals surface area contributed by atoms with Gasteiger partial charge in [-0.05, 0) is 29.3 Å². The summed E-state index contributed by atoms with van der Waals surface area (Å²) in [6.45, 7) is 1.68. The molecule has 126 valence electrons. The maximum Gasteiger partial charge on any atom is 0.311 e. The van der Waals surface area contributed by atoms with E-state index in [0.29, 0.717) is 16.3 Å². The Hall–Kier alpha value is -2.85. The molecule has 0 bridgehead atoms. The largest absolute Gasteiger partial charge is 0.420 e. The van der Waals surface area contributed by atoms with Crippen LogP contribution in [0.3, 0.4) is 0 Å². The van der Waals surface area contributed by atoms with Gasteiger partial charge >= 0.3 is 5.97 Å². The predicted molar refractivity (Wildman–Crippen MR) is 98.9 cm³/mol. The Kier molecular flexibility index (Phi) is 5.00. The zero-order chi connectivity index (χ0) is 17.8. The first-order chi connectivity index (χ1) is 12.1. The topological polar surface area (TPSA) is 59.2 Å². The Morgan fingerprint density at radius 1 is 1.04 bits per heavy atom. The number of carbonyl (C=O) groups excluding carboxylic acids is 1. The molecule has 2 aromatic carbocycles. The van der Waals surface area contributed by atoms with Gasteiger partial charge in [-0.15, -0.1) is 0 Å². The Bertz CT molecular complexity index is 947. The molecule has 25 heavy (non-hydrogen) atoms. The maximum absolute atomic E-state index is 12.6. The van der Waals surface area contributed by atoms with Crippen LogP contribution in [0.4, 0.5) is 0 Å². The minimum Gasteiger partial charge on any atom is -0.420 e. The molecule has 0 atom stereocenters. The first kappa shape index (κ1) is 17.0. The first-order valence-electron chi connectivity index (χ1n) is 7.88. The lowest BCUT2D eigenvalue weighted by Gasteiger charge is -2.12. The number of rotatable bonds is 4. The summed E-state index contributed by atoms with van der Waals surface area (Å²) in [5.41, 5.74) is 2.34. The van der Waals surface area contributed by atoms with E-state index in [1.165, 1.54) is 0 Å². The summed E-state index contributed by atoms with van der Waals surface area (Å²) in [6, 6.07) is 18.3. The van der Waals surface area contributed by atoms with E-state index in [0.717, 1.165) is 11.1 Å². The van der Waals surface area contributed by atoms with Crippen LogP contribution in [0.15, 0.2) is 65.5 Å². The molecular weight excluding hydrogens is 338 g/mol. The summed E-state index contributed by atoms with van der Waals surface area (Å²) in [4.78, 5) is 27.1. The van der Waals surface area contributed by atoms with Gasteiger partial charge in [0.25, 0.3) is 5.56 Å². The molecule has 3 rings (SSSR count). The molecule has 0 aliphatic carbocycles. The van der Waals surface area contributed by atoms with Crippen molar-refractivity contribution in [2.75, 3.05) is 0 Å². The Balaban J connectivity index is 2.18. The third kappa shape index (κ3) is 3.80. The fraction of sp³-hybridized carbons (Fsp3) is 0.100. The van der Waals surface area contributed by atoms with Crippen LogP contribution in [0, 0.1) is 0 Å². The SMILES string of the molecule is CCC(=O)Oc1c(-c2ccccc2)cc(-c2ccc(Cl)cc2)[nH]c1=O. The van der Waals surface area contributed by atoms with Gasteiger partial charge in [0.15, 0.2) is 0 Å². The predicted octanol–water partition coefficient (Wildman–Crippen LogP) is 4.68. The molecule has 5 heteroatoms. The third-order valence-electron chi connectivity index (χ3n) is 3.73. The van der Waals surface area contributed by atoms with Crippen molar-refractivity contribution < 1.29 is 9.53 Å². The summed E-state index contributed by atoms with van der Waals surface area (Å²) in [6.07, 6.45) is 0.187. The zero-order valence-electron chi connectivity index (χ0n) is 13.6. The first-order valence-corrected chi connectivity index (χ1v) is 8.25. The quantitative estimate of drug-likeness (QED) is 0.693. The number of benzene rings is 2. The second-order valence-electron chi connectivity index (χ2n) is 5.46. The van der Waals surface area contributed by atoms with Gasteiger partial charge in [0.05, 0.1) is 0 Å². The van der Waals surface area contributed by atoms with Crippen LogP contribution in [-0.2, 0) is 4.79 Å². The van der Waals surface area contributed by atoms with Crippen LogP contribution < -0.4 is 10.3 Å². The van der Waals surface area contributed by atoms with Crippen molar-refractivity contribution in [1.29, 1.82) is 0 Å². The summed E-state index contributed by atoms with van der Waals surface area (Å²) < 4.78 is 5.29. The van der Waals surface area contributed by atoms with Gasteiger partial charge in [-0.2, -0.15) is 0 Å². The molecule has 0 amide bonds.